The summed E-state index contributed by atoms with van der Waals surface area (Å²) < 4.78 is 0. The number of nitrogens with one attached hydrogen (secondary N) is 1. The first kappa shape index (κ1) is 11.0. The van der Waals surface area contributed by atoms with Crippen LogP contribution in [0.1, 0.15) is 11.3 Å². The molecule has 0 aliphatic rings. The molecule has 4 heteroatoms. The first-order chi connectivity index (χ1) is 7.75. The molecule has 0 atom stereocenters. The van der Waals surface area contributed by atoms with Gasteiger partial charge < -0.3 is 11.1 Å². The van der Waals surface area contributed by atoms with Gasteiger partial charge in [0.15, 0.2) is 0 Å². The molecule has 1 aromatic heterocycles. The Labute approximate surface area is 99.3 Å². The average molecular weight is 233 g/mol. The largest absolute Gasteiger partial charge is 0.398 e. The van der Waals surface area contributed by atoms with Crippen LogP contribution in [0.4, 0.5) is 11.4 Å². The Bertz CT molecular complexity index is 451. The normalized spacial score (nSPS) is 10.3. The Morgan fingerprint density at radius 2 is 2.31 bits per heavy atom. The number of thiazole rings is 1. The number of aryl methyl sites for hydroxylation is 1. The van der Waals surface area contributed by atoms with Gasteiger partial charge >= 0.3 is 0 Å². The number of anilines is 2. The smallest absolute Gasteiger partial charge is 0.0794 e. The zero-order valence-corrected chi connectivity index (χ0v) is 10.1. The Kier molecular flexibility index (Phi) is 3.41. The Morgan fingerprint density at radius 3 is 3.00 bits per heavy atom. The van der Waals surface area contributed by atoms with Gasteiger partial charge in [0.05, 0.1) is 11.2 Å². The number of nitrogens with zero attached hydrogens (tertiary/aromatic N) is 1. The Balaban J connectivity index is 1.87. The van der Waals surface area contributed by atoms with Crippen LogP contribution in [0.5, 0.6) is 0 Å². The summed E-state index contributed by atoms with van der Waals surface area (Å²) in [5.41, 5.74) is 11.8. The molecule has 3 nitrogen and oxygen atoms in total. The SMILES string of the molecule is Cc1ccc(NCCc2cscn2)cc1N. The molecule has 1 aromatic carbocycles. The van der Waals surface area contributed by atoms with Crippen LogP contribution in [-0.2, 0) is 6.42 Å². The van der Waals surface area contributed by atoms with Gasteiger partial charge in [-0.25, -0.2) is 4.98 Å². The first-order valence-electron chi connectivity index (χ1n) is 5.23. The third kappa shape index (κ3) is 2.73. The minimum absolute atomic E-state index is 0.832. The van der Waals surface area contributed by atoms with Gasteiger partial charge in [0, 0.05) is 29.7 Å². The predicted molar refractivity (Wildman–Crippen MR) is 69.9 cm³/mol. The molecule has 1 heterocycles. The number of hydrogen-bond donors (Lipinski definition) is 2. The number of nitrogens with two attached hydrogens (primary N) is 1. The van der Waals surface area contributed by atoms with E-state index in [-0.39, 0.29) is 0 Å². The summed E-state index contributed by atoms with van der Waals surface area (Å²) in [6.45, 7) is 2.89. The van der Waals surface area contributed by atoms with E-state index in [1.54, 1.807) is 11.3 Å². The van der Waals surface area contributed by atoms with Gasteiger partial charge in [0.2, 0.25) is 0 Å². The summed E-state index contributed by atoms with van der Waals surface area (Å²) in [5, 5.41) is 5.41. The molecule has 0 bridgehead atoms. The van der Waals surface area contributed by atoms with Crippen molar-refractivity contribution in [2.24, 2.45) is 0 Å². The molecule has 3 N–H and O–H groups in total. The minimum atomic E-state index is 0.832. The zero-order valence-electron chi connectivity index (χ0n) is 9.23. The van der Waals surface area contributed by atoms with E-state index < -0.39 is 0 Å². The van der Waals surface area contributed by atoms with Crippen molar-refractivity contribution in [1.29, 1.82) is 0 Å². The van der Waals surface area contributed by atoms with Crippen LogP contribution >= 0.6 is 11.3 Å². The van der Waals surface area contributed by atoms with Crippen LogP contribution in [0.2, 0.25) is 0 Å². The highest BCUT2D eigenvalue weighted by atomic mass is 32.1. The van der Waals surface area contributed by atoms with Crippen molar-refractivity contribution in [3.05, 3.63) is 40.3 Å². The van der Waals surface area contributed by atoms with Crippen molar-refractivity contribution in [2.45, 2.75) is 13.3 Å². The quantitative estimate of drug-likeness (QED) is 0.798. The van der Waals surface area contributed by atoms with Crippen LogP contribution in [-0.4, -0.2) is 11.5 Å². The van der Waals surface area contributed by atoms with E-state index in [9.17, 15) is 0 Å². The van der Waals surface area contributed by atoms with E-state index in [1.807, 2.05) is 30.6 Å². The van der Waals surface area contributed by atoms with Crippen molar-refractivity contribution in [1.82, 2.24) is 4.98 Å². The maximum atomic E-state index is 5.84. The molecule has 16 heavy (non-hydrogen) atoms. The summed E-state index contributed by atoms with van der Waals surface area (Å²) in [5.74, 6) is 0. The third-order valence-corrected chi connectivity index (χ3v) is 3.11. The van der Waals surface area contributed by atoms with Crippen molar-refractivity contribution in [2.75, 3.05) is 17.6 Å². The summed E-state index contributed by atoms with van der Waals surface area (Å²) in [6, 6.07) is 6.05. The molecule has 0 aliphatic carbocycles. The second-order valence-corrected chi connectivity index (χ2v) is 4.45. The van der Waals surface area contributed by atoms with E-state index >= 15 is 0 Å². The van der Waals surface area contributed by atoms with E-state index in [0.717, 1.165) is 35.6 Å². The van der Waals surface area contributed by atoms with Crippen molar-refractivity contribution >= 4 is 22.7 Å². The van der Waals surface area contributed by atoms with Crippen LogP contribution in [0, 0.1) is 6.92 Å². The van der Waals surface area contributed by atoms with Crippen LogP contribution in [0.25, 0.3) is 0 Å². The van der Waals surface area contributed by atoms with Gasteiger partial charge in [-0.15, -0.1) is 11.3 Å². The van der Waals surface area contributed by atoms with Gasteiger partial charge in [-0.2, -0.15) is 0 Å². The van der Waals surface area contributed by atoms with Crippen molar-refractivity contribution < 1.29 is 0 Å². The highest BCUT2D eigenvalue weighted by Gasteiger charge is 1.97. The van der Waals surface area contributed by atoms with Gasteiger partial charge in [-0.05, 0) is 24.6 Å². The topological polar surface area (TPSA) is 50.9 Å². The van der Waals surface area contributed by atoms with Crippen LogP contribution < -0.4 is 11.1 Å². The third-order valence-electron chi connectivity index (χ3n) is 2.47. The number of hydrogen-bond acceptors (Lipinski definition) is 4. The van der Waals surface area contributed by atoms with E-state index in [1.165, 1.54) is 0 Å². The molecule has 2 aromatic rings. The number of rotatable bonds is 4. The molecule has 0 spiro atoms. The van der Waals surface area contributed by atoms with Crippen LogP contribution in [0.3, 0.4) is 0 Å². The second kappa shape index (κ2) is 4.99. The molecule has 0 amide bonds. The van der Waals surface area contributed by atoms with Gasteiger partial charge in [0.25, 0.3) is 0 Å². The molecule has 0 aliphatic heterocycles. The summed E-state index contributed by atoms with van der Waals surface area (Å²) >= 11 is 1.63. The zero-order chi connectivity index (χ0) is 11.4. The molecular weight excluding hydrogens is 218 g/mol. The van der Waals surface area contributed by atoms with Gasteiger partial charge in [-0.1, -0.05) is 6.07 Å². The standard InChI is InChI=1S/C12H15N3S/c1-9-2-3-10(6-12(9)13)14-5-4-11-7-16-8-15-11/h2-3,6-8,14H,4-5,13H2,1H3. The highest BCUT2D eigenvalue weighted by molar-refractivity contribution is 7.07. The molecule has 0 saturated carbocycles. The average Bonchev–Trinajstić information content (AvgIpc) is 2.76. The summed E-state index contributed by atoms with van der Waals surface area (Å²) in [7, 11) is 0. The lowest BCUT2D eigenvalue weighted by atomic mass is 10.2. The lowest BCUT2D eigenvalue weighted by Crippen LogP contribution is -2.05. The fraction of sp³-hybridized carbons (Fsp3) is 0.250. The molecule has 0 fully saturated rings. The monoisotopic (exact) mass is 233 g/mol. The van der Waals surface area contributed by atoms with E-state index in [0.29, 0.717) is 0 Å². The maximum Gasteiger partial charge on any atom is 0.0794 e. The molecule has 2 rings (SSSR count). The predicted octanol–water partition coefficient (Wildman–Crippen LogP) is 2.69. The van der Waals surface area contributed by atoms with Gasteiger partial charge in [0.1, 0.15) is 0 Å². The van der Waals surface area contributed by atoms with Crippen molar-refractivity contribution in [3.8, 4) is 0 Å². The number of nitrogen functional groups attached to an aromatic ring is 1. The lowest BCUT2D eigenvalue weighted by molar-refractivity contribution is 0.977. The number of aromatic nitrogens is 1. The molecule has 0 saturated heterocycles. The molecular formula is C12H15N3S. The second-order valence-electron chi connectivity index (χ2n) is 3.73. The minimum Gasteiger partial charge on any atom is -0.398 e. The Morgan fingerprint density at radius 1 is 1.44 bits per heavy atom. The Hall–Kier alpha value is -1.55. The summed E-state index contributed by atoms with van der Waals surface area (Å²) in [6.07, 6.45) is 0.942. The fourth-order valence-corrected chi connectivity index (χ4v) is 2.04. The number of benzene rings is 1. The van der Waals surface area contributed by atoms with Crippen LogP contribution in [0.15, 0.2) is 29.1 Å². The van der Waals surface area contributed by atoms with E-state index in [4.69, 9.17) is 5.73 Å². The van der Waals surface area contributed by atoms with Gasteiger partial charge in [-0.3, -0.25) is 0 Å². The van der Waals surface area contributed by atoms with E-state index in [2.05, 4.69) is 15.7 Å². The fourth-order valence-electron chi connectivity index (χ4n) is 1.45. The van der Waals surface area contributed by atoms with Crippen molar-refractivity contribution in [3.63, 3.8) is 0 Å². The summed E-state index contributed by atoms with van der Waals surface area (Å²) in [4.78, 5) is 4.23. The molecule has 84 valence electrons. The highest BCUT2D eigenvalue weighted by Crippen LogP contribution is 2.16. The first-order valence-corrected chi connectivity index (χ1v) is 6.17. The maximum absolute atomic E-state index is 5.84. The molecule has 0 unspecified atom stereocenters. The lowest BCUT2D eigenvalue weighted by Gasteiger charge is -2.07. The molecule has 0 radical (unpaired) electrons.